The summed E-state index contributed by atoms with van der Waals surface area (Å²) in [6.07, 6.45) is 0. The zero-order valence-corrected chi connectivity index (χ0v) is 12.7. The van der Waals surface area contributed by atoms with Gasteiger partial charge in [0.25, 0.3) is 5.91 Å². The van der Waals surface area contributed by atoms with Crippen LogP contribution in [0, 0.1) is 6.92 Å². The largest absolute Gasteiger partial charge is 0.495 e. The van der Waals surface area contributed by atoms with Gasteiger partial charge in [-0.15, -0.1) is 0 Å². The van der Waals surface area contributed by atoms with Crippen molar-refractivity contribution in [1.29, 1.82) is 0 Å². The van der Waals surface area contributed by atoms with Crippen molar-refractivity contribution in [3.05, 3.63) is 64.7 Å². The molecular weight excluding hydrogens is 294 g/mol. The Labute approximate surface area is 133 Å². The lowest BCUT2D eigenvalue weighted by atomic mass is 9.97. The standard InChI is InChI=1S/C18H15NO4/c1-10-12(18(21)22)8-9-13-14(17(20)19-15(10)13)16(23-2)11-6-4-3-5-7-11/h3-9H,1-2H3,(H,19,20)(H,21,22). The van der Waals surface area contributed by atoms with E-state index in [2.05, 4.69) is 5.32 Å². The van der Waals surface area contributed by atoms with E-state index in [1.54, 1.807) is 13.0 Å². The van der Waals surface area contributed by atoms with Gasteiger partial charge in [0, 0.05) is 11.1 Å². The third-order valence-corrected chi connectivity index (χ3v) is 3.90. The molecule has 0 bridgehead atoms. The van der Waals surface area contributed by atoms with Crippen LogP contribution in [0.15, 0.2) is 42.5 Å². The minimum atomic E-state index is -1.02. The quantitative estimate of drug-likeness (QED) is 0.674. The third-order valence-electron chi connectivity index (χ3n) is 3.90. The van der Waals surface area contributed by atoms with Gasteiger partial charge in [-0.05, 0) is 18.6 Å². The van der Waals surface area contributed by atoms with Gasteiger partial charge in [-0.25, -0.2) is 4.79 Å². The van der Waals surface area contributed by atoms with E-state index in [0.29, 0.717) is 28.1 Å². The number of amides is 1. The van der Waals surface area contributed by atoms with Crippen molar-refractivity contribution in [1.82, 2.24) is 0 Å². The number of aromatic carboxylic acids is 1. The van der Waals surface area contributed by atoms with Crippen LogP contribution >= 0.6 is 0 Å². The van der Waals surface area contributed by atoms with E-state index in [-0.39, 0.29) is 11.5 Å². The van der Waals surface area contributed by atoms with Gasteiger partial charge in [-0.1, -0.05) is 36.4 Å². The molecule has 0 fully saturated rings. The van der Waals surface area contributed by atoms with Crippen LogP contribution in [0.25, 0.3) is 11.3 Å². The lowest BCUT2D eigenvalue weighted by Crippen LogP contribution is -2.07. The predicted octanol–water partition coefficient (Wildman–Crippen LogP) is 3.16. The molecule has 0 atom stereocenters. The average Bonchev–Trinajstić information content (AvgIpc) is 2.87. The van der Waals surface area contributed by atoms with Crippen molar-refractivity contribution in [3.63, 3.8) is 0 Å². The first kappa shape index (κ1) is 14.8. The molecular formula is C18H15NO4. The van der Waals surface area contributed by atoms with Gasteiger partial charge in [0.1, 0.15) is 5.76 Å². The second-order valence-electron chi connectivity index (χ2n) is 5.19. The fraction of sp³-hybridized carbons (Fsp3) is 0.111. The molecule has 0 aromatic heterocycles. The van der Waals surface area contributed by atoms with E-state index >= 15 is 0 Å². The van der Waals surface area contributed by atoms with Gasteiger partial charge < -0.3 is 15.2 Å². The highest BCUT2D eigenvalue weighted by Gasteiger charge is 2.31. The number of hydrogen-bond donors (Lipinski definition) is 2. The Morgan fingerprint density at radius 1 is 1.13 bits per heavy atom. The van der Waals surface area contributed by atoms with Crippen LogP contribution in [-0.2, 0) is 9.53 Å². The van der Waals surface area contributed by atoms with Crippen LogP contribution in [0.1, 0.15) is 27.0 Å². The van der Waals surface area contributed by atoms with Gasteiger partial charge in [-0.2, -0.15) is 0 Å². The normalized spacial score (nSPS) is 15.0. The Morgan fingerprint density at radius 3 is 2.43 bits per heavy atom. The number of nitrogens with one attached hydrogen (secondary N) is 1. The number of anilines is 1. The molecule has 0 unspecified atom stereocenters. The number of fused-ring (bicyclic) bond motifs is 1. The van der Waals surface area contributed by atoms with Gasteiger partial charge in [0.15, 0.2) is 0 Å². The number of methoxy groups -OCH3 is 1. The van der Waals surface area contributed by atoms with Crippen LogP contribution in [0.2, 0.25) is 0 Å². The molecule has 2 aromatic rings. The molecule has 5 nitrogen and oxygen atoms in total. The first-order valence-corrected chi connectivity index (χ1v) is 7.07. The summed E-state index contributed by atoms with van der Waals surface area (Å²) in [6.45, 7) is 1.68. The molecule has 1 aliphatic rings. The van der Waals surface area contributed by atoms with Crippen molar-refractivity contribution < 1.29 is 19.4 Å². The number of carboxylic acid groups (broad SMARTS) is 1. The highest BCUT2D eigenvalue weighted by atomic mass is 16.5. The second-order valence-corrected chi connectivity index (χ2v) is 5.19. The first-order chi connectivity index (χ1) is 11.0. The zero-order chi connectivity index (χ0) is 16.6. The van der Waals surface area contributed by atoms with Gasteiger partial charge in [-0.3, -0.25) is 4.79 Å². The predicted molar refractivity (Wildman–Crippen MR) is 87.0 cm³/mol. The summed E-state index contributed by atoms with van der Waals surface area (Å²) in [5, 5.41) is 12.0. The monoisotopic (exact) mass is 309 g/mol. The fourth-order valence-corrected chi connectivity index (χ4v) is 2.79. The van der Waals surface area contributed by atoms with E-state index in [0.717, 1.165) is 5.56 Å². The van der Waals surface area contributed by atoms with Gasteiger partial charge >= 0.3 is 5.97 Å². The molecule has 0 spiro atoms. The number of hydrogen-bond acceptors (Lipinski definition) is 3. The molecule has 1 amide bonds. The molecule has 2 N–H and O–H groups in total. The molecule has 0 saturated heterocycles. The Hall–Kier alpha value is -3.08. The highest BCUT2D eigenvalue weighted by molar-refractivity contribution is 6.36. The van der Waals surface area contributed by atoms with E-state index < -0.39 is 5.97 Å². The summed E-state index contributed by atoms with van der Waals surface area (Å²) >= 11 is 0. The topological polar surface area (TPSA) is 75.6 Å². The lowest BCUT2D eigenvalue weighted by molar-refractivity contribution is -0.110. The number of carboxylic acids is 1. The second kappa shape index (κ2) is 5.61. The van der Waals surface area contributed by atoms with Crippen LogP contribution in [0.4, 0.5) is 5.69 Å². The van der Waals surface area contributed by atoms with Crippen molar-refractivity contribution in [3.8, 4) is 0 Å². The molecule has 0 saturated carbocycles. The maximum atomic E-state index is 12.4. The molecule has 0 aliphatic carbocycles. The van der Waals surface area contributed by atoms with Crippen molar-refractivity contribution in [2.75, 3.05) is 12.4 Å². The van der Waals surface area contributed by atoms with Crippen LogP contribution in [0.3, 0.4) is 0 Å². The van der Waals surface area contributed by atoms with Crippen LogP contribution in [-0.4, -0.2) is 24.1 Å². The summed E-state index contributed by atoms with van der Waals surface area (Å²) < 4.78 is 5.47. The van der Waals surface area contributed by atoms with Crippen molar-refractivity contribution in [2.24, 2.45) is 0 Å². The molecule has 1 heterocycles. The Morgan fingerprint density at radius 2 is 1.83 bits per heavy atom. The Balaban J connectivity index is 2.25. The van der Waals surface area contributed by atoms with Crippen molar-refractivity contribution >= 4 is 28.9 Å². The lowest BCUT2D eigenvalue weighted by Gasteiger charge is -2.10. The number of carbonyl (C=O) groups is 2. The minimum Gasteiger partial charge on any atom is -0.495 e. The maximum Gasteiger partial charge on any atom is 0.336 e. The average molecular weight is 309 g/mol. The Bertz CT molecular complexity index is 838. The van der Waals surface area contributed by atoms with Crippen molar-refractivity contribution in [2.45, 2.75) is 6.92 Å². The summed E-state index contributed by atoms with van der Waals surface area (Å²) in [6, 6.07) is 12.5. The van der Waals surface area contributed by atoms with Crippen LogP contribution < -0.4 is 5.32 Å². The minimum absolute atomic E-state index is 0.170. The van der Waals surface area contributed by atoms with E-state index in [1.807, 2.05) is 30.3 Å². The summed E-state index contributed by atoms with van der Waals surface area (Å²) in [7, 11) is 1.51. The Kier molecular flexibility index (Phi) is 3.62. The highest BCUT2D eigenvalue weighted by Crippen LogP contribution is 2.40. The first-order valence-electron chi connectivity index (χ1n) is 7.07. The summed E-state index contributed by atoms with van der Waals surface area (Å²) in [5.74, 6) is -0.859. The zero-order valence-electron chi connectivity index (χ0n) is 12.7. The number of carbonyl (C=O) groups excluding carboxylic acids is 1. The molecule has 0 radical (unpaired) electrons. The van der Waals surface area contributed by atoms with Crippen LogP contribution in [0.5, 0.6) is 0 Å². The van der Waals surface area contributed by atoms with Gasteiger partial charge in [0.05, 0.1) is 23.9 Å². The van der Waals surface area contributed by atoms with Gasteiger partial charge in [0.2, 0.25) is 0 Å². The number of benzene rings is 2. The molecule has 23 heavy (non-hydrogen) atoms. The van der Waals surface area contributed by atoms with E-state index in [1.165, 1.54) is 13.2 Å². The maximum absolute atomic E-state index is 12.4. The molecule has 5 heteroatoms. The summed E-state index contributed by atoms with van der Waals surface area (Å²) in [4.78, 5) is 23.7. The fourth-order valence-electron chi connectivity index (χ4n) is 2.79. The van der Waals surface area contributed by atoms with E-state index in [9.17, 15) is 14.7 Å². The number of rotatable bonds is 3. The summed E-state index contributed by atoms with van der Waals surface area (Å²) in [5.41, 5.74) is 3.07. The molecule has 116 valence electrons. The molecule has 1 aliphatic heterocycles. The third kappa shape index (κ3) is 2.36. The van der Waals surface area contributed by atoms with E-state index in [4.69, 9.17) is 4.74 Å². The number of ether oxygens (including phenoxy) is 1. The smallest absolute Gasteiger partial charge is 0.336 e. The SMILES string of the molecule is COC(=C1C(=O)Nc2c1ccc(C(=O)O)c2C)c1ccccc1. The molecule has 3 rings (SSSR count). The molecule has 2 aromatic carbocycles.